The Hall–Kier alpha value is -2.36. The monoisotopic (exact) mass is 388 g/mol. The lowest BCUT2D eigenvalue weighted by atomic mass is 9.81. The fourth-order valence-corrected chi connectivity index (χ4v) is 2.96. The quantitative estimate of drug-likeness (QED) is 0.628. The van der Waals surface area contributed by atoms with Crippen molar-refractivity contribution in [3.8, 4) is 28.8 Å². The van der Waals surface area contributed by atoms with Gasteiger partial charge in [-0.05, 0) is 30.9 Å². The molecule has 0 saturated carbocycles. The van der Waals surface area contributed by atoms with Crippen LogP contribution in [0.2, 0.25) is 6.32 Å². The lowest BCUT2D eigenvalue weighted by Gasteiger charge is -2.14. The summed E-state index contributed by atoms with van der Waals surface area (Å²) in [5.74, 6) is 2.03. The van der Waals surface area contributed by atoms with Gasteiger partial charge in [0.1, 0.15) is 6.61 Å². The third kappa shape index (κ3) is 4.92. The van der Waals surface area contributed by atoms with Crippen molar-refractivity contribution in [2.75, 3.05) is 33.5 Å². The number of aliphatic hydroxyl groups excluding tert-OH is 1. The highest BCUT2D eigenvalue weighted by Gasteiger charge is 2.31. The second-order valence-electron chi connectivity index (χ2n) is 6.46. The van der Waals surface area contributed by atoms with Gasteiger partial charge in [0, 0.05) is 24.2 Å². The van der Waals surface area contributed by atoms with Crippen LogP contribution in [0.25, 0.3) is 11.4 Å². The first-order valence-electron chi connectivity index (χ1n) is 9.38. The fraction of sp³-hybridized carbons (Fsp3) is 0.474. The third-order valence-electron chi connectivity index (χ3n) is 4.34. The van der Waals surface area contributed by atoms with Crippen molar-refractivity contribution in [2.24, 2.45) is 0 Å². The number of benzene rings is 1. The van der Waals surface area contributed by atoms with Crippen LogP contribution in [0.5, 0.6) is 17.4 Å². The highest BCUT2D eigenvalue weighted by atomic mass is 16.5. The highest BCUT2D eigenvalue weighted by molar-refractivity contribution is 6.43. The van der Waals surface area contributed by atoms with Gasteiger partial charge in [0.15, 0.2) is 17.3 Å². The Kier molecular flexibility index (Phi) is 7.08. The summed E-state index contributed by atoms with van der Waals surface area (Å²) in [7, 11) is 0.803. The first-order chi connectivity index (χ1) is 13.6. The second kappa shape index (κ2) is 9.72. The van der Waals surface area contributed by atoms with Gasteiger partial charge in [0.25, 0.3) is 0 Å². The number of aromatic nitrogens is 2. The molecule has 2 aromatic rings. The van der Waals surface area contributed by atoms with Crippen LogP contribution >= 0.6 is 0 Å². The van der Waals surface area contributed by atoms with Crippen molar-refractivity contribution in [3.05, 3.63) is 30.0 Å². The van der Waals surface area contributed by atoms with Crippen LogP contribution in [0.3, 0.4) is 0 Å². The van der Waals surface area contributed by atoms with Crippen molar-refractivity contribution in [3.63, 3.8) is 0 Å². The Morgan fingerprint density at radius 3 is 2.71 bits per heavy atom. The summed E-state index contributed by atoms with van der Waals surface area (Å²) in [5.41, 5.74) is 1.48. The van der Waals surface area contributed by atoms with Gasteiger partial charge in [-0.25, -0.2) is 4.98 Å². The maximum atomic E-state index is 9.67. The molecule has 1 aliphatic rings. The van der Waals surface area contributed by atoms with E-state index in [2.05, 4.69) is 9.97 Å². The zero-order valence-electron chi connectivity index (χ0n) is 16.1. The second-order valence-corrected chi connectivity index (χ2v) is 6.46. The molecule has 8 nitrogen and oxygen atoms in total. The van der Waals surface area contributed by atoms with Crippen molar-refractivity contribution in [2.45, 2.75) is 25.6 Å². The van der Waals surface area contributed by atoms with Crippen LogP contribution in [-0.4, -0.2) is 60.8 Å². The molecule has 3 rings (SSSR count). The number of ether oxygens (including phenoxy) is 3. The average molecular weight is 388 g/mol. The molecule has 1 aromatic heterocycles. The highest BCUT2D eigenvalue weighted by Crippen LogP contribution is 2.34. The van der Waals surface area contributed by atoms with Crippen LogP contribution in [-0.2, 0) is 4.65 Å². The minimum Gasteiger partial charge on any atom is -0.493 e. The van der Waals surface area contributed by atoms with E-state index in [9.17, 15) is 5.02 Å². The van der Waals surface area contributed by atoms with Gasteiger partial charge in [0.2, 0.25) is 5.88 Å². The normalized spacial score (nSPS) is 16.3. The number of hydrogen-bond acceptors (Lipinski definition) is 8. The maximum Gasteiger partial charge on any atom is 0.454 e. The lowest BCUT2D eigenvalue weighted by Crippen LogP contribution is -2.09. The zero-order valence-corrected chi connectivity index (χ0v) is 16.1. The first-order valence-corrected chi connectivity index (χ1v) is 9.38. The minimum absolute atomic E-state index is 0.0534. The van der Waals surface area contributed by atoms with E-state index in [0.29, 0.717) is 42.7 Å². The molecule has 1 aliphatic heterocycles. The number of nitrogens with zero attached hydrogens (tertiary/aromatic N) is 2. The van der Waals surface area contributed by atoms with Gasteiger partial charge in [0.05, 0.1) is 26.0 Å². The molecule has 0 aliphatic carbocycles. The van der Waals surface area contributed by atoms with Crippen LogP contribution in [0, 0.1) is 0 Å². The smallest absolute Gasteiger partial charge is 0.454 e. The zero-order chi connectivity index (χ0) is 19.9. The summed E-state index contributed by atoms with van der Waals surface area (Å²) in [5, 5.41) is 18.7. The average Bonchev–Trinajstić information content (AvgIpc) is 3.16. The molecule has 1 fully saturated rings. The number of aliphatic hydroxyl groups is 1. The molecule has 0 amide bonds. The van der Waals surface area contributed by atoms with Crippen LogP contribution < -0.4 is 14.2 Å². The molecule has 2 N–H and O–H groups in total. The summed E-state index contributed by atoms with van der Waals surface area (Å²) >= 11 is 0. The Balaban J connectivity index is 1.97. The van der Waals surface area contributed by atoms with E-state index >= 15 is 0 Å². The standard InChI is InChI=1S/C19H25BN2O6/c1-3-7-26-17-9-13(4-5-16(17)25-2)19-21-15(14-11-20(24)28-12-14)10-18(22-19)27-8-6-23/h4-5,9-10,14,23-24H,3,6-8,11-12H2,1-2H3. The van der Waals surface area contributed by atoms with E-state index in [1.54, 1.807) is 13.2 Å². The molecular weight excluding hydrogens is 363 g/mol. The maximum absolute atomic E-state index is 9.67. The molecule has 150 valence electrons. The van der Waals surface area contributed by atoms with Gasteiger partial charge >= 0.3 is 7.12 Å². The molecule has 1 atom stereocenters. The van der Waals surface area contributed by atoms with Gasteiger partial charge in [-0.15, -0.1) is 0 Å². The van der Waals surface area contributed by atoms with Crippen molar-refractivity contribution < 1.29 is 29.0 Å². The SMILES string of the molecule is CCCOc1cc(-c2nc(OCCO)cc(C3COB(O)C3)n2)ccc1OC. The Labute approximate surface area is 164 Å². The lowest BCUT2D eigenvalue weighted by molar-refractivity contribution is 0.196. The third-order valence-corrected chi connectivity index (χ3v) is 4.34. The minimum atomic E-state index is -0.791. The summed E-state index contributed by atoms with van der Waals surface area (Å²) < 4.78 is 21.9. The molecule has 1 aromatic carbocycles. The molecule has 0 radical (unpaired) electrons. The first kappa shape index (κ1) is 20.4. The van der Waals surface area contributed by atoms with Crippen molar-refractivity contribution in [1.82, 2.24) is 9.97 Å². The van der Waals surface area contributed by atoms with Crippen LogP contribution in [0.15, 0.2) is 24.3 Å². The van der Waals surface area contributed by atoms with Gasteiger partial charge in [-0.3, -0.25) is 0 Å². The summed E-state index contributed by atoms with van der Waals surface area (Å²) in [6.07, 6.45) is 1.34. The summed E-state index contributed by atoms with van der Waals surface area (Å²) in [6.45, 7) is 3.00. The van der Waals surface area contributed by atoms with Gasteiger partial charge in [-0.1, -0.05) is 6.92 Å². The topological polar surface area (TPSA) is 103 Å². The number of hydrogen-bond donors (Lipinski definition) is 2. The Morgan fingerprint density at radius 1 is 1.18 bits per heavy atom. The van der Waals surface area contributed by atoms with E-state index in [-0.39, 0.29) is 19.1 Å². The molecule has 28 heavy (non-hydrogen) atoms. The predicted octanol–water partition coefficient (Wildman–Crippen LogP) is 1.91. The van der Waals surface area contributed by atoms with E-state index in [1.807, 2.05) is 25.1 Å². The van der Waals surface area contributed by atoms with E-state index in [0.717, 1.165) is 17.7 Å². The summed E-state index contributed by atoms with van der Waals surface area (Å²) in [6, 6.07) is 7.23. The summed E-state index contributed by atoms with van der Waals surface area (Å²) in [4.78, 5) is 9.13. The fourth-order valence-electron chi connectivity index (χ4n) is 2.96. The molecule has 9 heteroatoms. The largest absolute Gasteiger partial charge is 0.493 e. The number of methoxy groups -OCH3 is 1. The Morgan fingerprint density at radius 2 is 2.04 bits per heavy atom. The Bertz CT molecular complexity index is 791. The molecule has 2 heterocycles. The van der Waals surface area contributed by atoms with Crippen molar-refractivity contribution >= 4 is 7.12 Å². The molecule has 1 unspecified atom stereocenters. The number of rotatable bonds is 9. The molecule has 1 saturated heterocycles. The molecule has 0 bridgehead atoms. The van der Waals surface area contributed by atoms with Crippen LogP contribution in [0.4, 0.5) is 0 Å². The van der Waals surface area contributed by atoms with Gasteiger partial charge in [-0.2, -0.15) is 4.98 Å². The van der Waals surface area contributed by atoms with Crippen LogP contribution in [0.1, 0.15) is 25.0 Å². The van der Waals surface area contributed by atoms with E-state index in [4.69, 9.17) is 24.0 Å². The van der Waals surface area contributed by atoms with Crippen molar-refractivity contribution in [1.29, 1.82) is 0 Å². The predicted molar refractivity (Wildman–Crippen MR) is 104 cm³/mol. The molecule has 0 spiro atoms. The molecular formula is C19H25BN2O6. The van der Waals surface area contributed by atoms with E-state index in [1.165, 1.54) is 0 Å². The van der Waals surface area contributed by atoms with Gasteiger partial charge < -0.3 is 29.0 Å². The van der Waals surface area contributed by atoms with E-state index < -0.39 is 7.12 Å².